The summed E-state index contributed by atoms with van der Waals surface area (Å²) in [5.41, 5.74) is 0. The first-order valence-corrected chi connectivity index (χ1v) is 29.6. The van der Waals surface area contributed by atoms with Crippen LogP contribution in [0, 0.1) is 0 Å². The molecule has 66 heavy (non-hydrogen) atoms. The first-order valence-electron chi connectivity index (χ1n) is 29.6. The number of aliphatic hydroxyl groups excluding tert-OH is 2. The molecule has 6 heteroatoms. The van der Waals surface area contributed by atoms with Gasteiger partial charge in [-0.15, -0.1) is 0 Å². The zero-order valence-electron chi connectivity index (χ0n) is 44.4. The fourth-order valence-electron chi connectivity index (χ4n) is 9.16. The van der Waals surface area contributed by atoms with Gasteiger partial charge in [0.2, 0.25) is 5.91 Å². The van der Waals surface area contributed by atoms with Crippen molar-refractivity contribution in [1.29, 1.82) is 0 Å². The maximum absolute atomic E-state index is 12.5. The molecule has 1 amide bonds. The van der Waals surface area contributed by atoms with Crippen LogP contribution in [-0.4, -0.2) is 47.4 Å². The standard InChI is InChI=1S/C60H115NO5/c1-3-5-7-9-11-13-15-17-18-25-29-32-36-40-44-48-52-58(63)57(56-62)61-59(64)53-49-45-41-37-33-30-26-23-21-19-20-22-24-27-31-35-39-43-47-51-55-66-60(65)54-50-46-42-38-34-28-16-14-12-10-8-6-4-2/h14,16,48,52,57-58,62-63H,3-13,15,17-47,49-51,53-56H2,1-2H3,(H,61,64)/b16-14-,52-48+. The molecule has 3 N–H and O–H groups in total. The van der Waals surface area contributed by atoms with Crippen molar-refractivity contribution >= 4 is 11.9 Å². The van der Waals surface area contributed by atoms with Crippen LogP contribution in [0.25, 0.3) is 0 Å². The highest BCUT2D eigenvalue weighted by molar-refractivity contribution is 5.76. The van der Waals surface area contributed by atoms with Gasteiger partial charge < -0.3 is 20.3 Å². The summed E-state index contributed by atoms with van der Waals surface area (Å²) in [6, 6.07) is -0.629. The number of aliphatic hydroxyl groups is 2. The minimum Gasteiger partial charge on any atom is -0.466 e. The summed E-state index contributed by atoms with van der Waals surface area (Å²) < 4.78 is 5.47. The number of allylic oxidation sites excluding steroid dienone is 3. The van der Waals surface area contributed by atoms with E-state index in [0.29, 0.717) is 19.4 Å². The van der Waals surface area contributed by atoms with E-state index in [2.05, 4.69) is 31.3 Å². The van der Waals surface area contributed by atoms with E-state index in [9.17, 15) is 19.8 Å². The van der Waals surface area contributed by atoms with Crippen molar-refractivity contribution < 1.29 is 24.5 Å². The van der Waals surface area contributed by atoms with Crippen LogP contribution in [0.4, 0.5) is 0 Å². The van der Waals surface area contributed by atoms with Crippen molar-refractivity contribution in [1.82, 2.24) is 5.32 Å². The lowest BCUT2D eigenvalue weighted by Crippen LogP contribution is -2.45. The third kappa shape index (κ3) is 51.7. The van der Waals surface area contributed by atoms with Crippen LogP contribution in [0.15, 0.2) is 24.3 Å². The molecule has 390 valence electrons. The van der Waals surface area contributed by atoms with Crippen molar-refractivity contribution in [3.05, 3.63) is 24.3 Å². The molecule has 0 aromatic heterocycles. The zero-order valence-corrected chi connectivity index (χ0v) is 44.4. The SMILES string of the molecule is CCCCCC/C=C\CCCCCCCC(=O)OCCCCCCCCCCCCCCCCCCCCCCC(=O)NC(CO)C(O)/C=C/CCCCCCCCCCCCCCCC. The minimum atomic E-state index is -0.845. The highest BCUT2D eigenvalue weighted by Crippen LogP contribution is 2.17. The van der Waals surface area contributed by atoms with Gasteiger partial charge in [0.15, 0.2) is 0 Å². The molecule has 0 radical (unpaired) electrons. The Labute approximate surface area is 411 Å². The predicted molar refractivity (Wildman–Crippen MR) is 287 cm³/mol. The molecule has 0 saturated heterocycles. The summed E-state index contributed by atoms with van der Waals surface area (Å²) in [5, 5.41) is 23.1. The number of hydrogen-bond donors (Lipinski definition) is 3. The Kier molecular flexibility index (Phi) is 54.5. The van der Waals surface area contributed by atoms with Crippen molar-refractivity contribution in [2.24, 2.45) is 0 Å². The smallest absolute Gasteiger partial charge is 0.305 e. The average molecular weight is 931 g/mol. The number of unbranched alkanes of at least 4 members (excludes halogenated alkanes) is 42. The van der Waals surface area contributed by atoms with E-state index in [0.717, 1.165) is 44.9 Å². The van der Waals surface area contributed by atoms with Crippen LogP contribution in [-0.2, 0) is 14.3 Å². The van der Waals surface area contributed by atoms with Gasteiger partial charge in [-0.2, -0.15) is 0 Å². The topological polar surface area (TPSA) is 95.9 Å². The minimum absolute atomic E-state index is 0.000830. The van der Waals surface area contributed by atoms with Crippen LogP contribution >= 0.6 is 0 Å². The van der Waals surface area contributed by atoms with Crippen LogP contribution in [0.1, 0.15) is 322 Å². The summed E-state index contributed by atoms with van der Waals surface area (Å²) >= 11 is 0. The van der Waals surface area contributed by atoms with Crippen LogP contribution < -0.4 is 5.32 Å². The average Bonchev–Trinajstić information content (AvgIpc) is 3.32. The summed E-state index contributed by atoms with van der Waals surface area (Å²) in [7, 11) is 0. The van der Waals surface area contributed by atoms with Crippen LogP contribution in [0.2, 0.25) is 0 Å². The van der Waals surface area contributed by atoms with Crippen LogP contribution in [0.3, 0.4) is 0 Å². The summed E-state index contributed by atoms with van der Waals surface area (Å²) in [6.07, 6.45) is 67.7. The maximum atomic E-state index is 12.5. The largest absolute Gasteiger partial charge is 0.466 e. The number of carbonyl (C=O) groups excluding carboxylic acids is 2. The third-order valence-corrected chi connectivity index (χ3v) is 13.7. The molecule has 0 aliphatic rings. The van der Waals surface area contributed by atoms with Gasteiger partial charge in [-0.05, 0) is 57.8 Å². The molecule has 6 nitrogen and oxygen atoms in total. The lowest BCUT2D eigenvalue weighted by atomic mass is 10.0. The Morgan fingerprint density at radius 3 is 1.09 bits per heavy atom. The van der Waals surface area contributed by atoms with Crippen molar-refractivity contribution in [3.63, 3.8) is 0 Å². The van der Waals surface area contributed by atoms with Gasteiger partial charge in [-0.1, -0.05) is 276 Å². The molecule has 0 aromatic carbocycles. The number of esters is 1. The lowest BCUT2D eigenvalue weighted by Gasteiger charge is -2.20. The summed E-state index contributed by atoms with van der Waals surface area (Å²) in [4.78, 5) is 24.5. The monoisotopic (exact) mass is 930 g/mol. The van der Waals surface area contributed by atoms with Gasteiger partial charge in [-0.25, -0.2) is 0 Å². The van der Waals surface area contributed by atoms with E-state index >= 15 is 0 Å². The molecular formula is C60H115NO5. The first kappa shape index (κ1) is 64.3. The Morgan fingerprint density at radius 1 is 0.409 bits per heavy atom. The molecule has 2 atom stereocenters. The molecule has 0 spiro atoms. The van der Waals surface area contributed by atoms with Gasteiger partial charge in [0, 0.05) is 12.8 Å². The van der Waals surface area contributed by atoms with Crippen molar-refractivity contribution in [2.45, 2.75) is 334 Å². The highest BCUT2D eigenvalue weighted by Gasteiger charge is 2.18. The van der Waals surface area contributed by atoms with Gasteiger partial charge in [0.25, 0.3) is 0 Å². The Bertz CT molecular complexity index is 1030. The molecule has 0 fully saturated rings. The molecular weight excluding hydrogens is 815 g/mol. The zero-order chi connectivity index (χ0) is 47.9. The van der Waals surface area contributed by atoms with E-state index in [1.54, 1.807) is 6.08 Å². The molecule has 0 aromatic rings. The fourth-order valence-corrected chi connectivity index (χ4v) is 9.16. The molecule has 0 rings (SSSR count). The van der Waals surface area contributed by atoms with Crippen molar-refractivity contribution in [3.8, 4) is 0 Å². The van der Waals surface area contributed by atoms with Gasteiger partial charge >= 0.3 is 5.97 Å². The second-order valence-electron chi connectivity index (χ2n) is 20.3. The van der Waals surface area contributed by atoms with E-state index in [1.807, 2.05) is 6.08 Å². The van der Waals surface area contributed by atoms with E-state index in [1.165, 1.54) is 250 Å². The number of ether oxygens (including phenoxy) is 1. The molecule has 0 heterocycles. The van der Waals surface area contributed by atoms with Gasteiger partial charge in [0.05, 0.1) is 25.4 Å². The quantitative estimate of drug-likeness (QED) is 0.0321. The Hall–Kier alpha value is -1.66. The second-order valence-corrected chi connectivity index (χ2v) is 20.3. The van der Waals surface area contributed by atoms with E-state index < -0.39 is 12.1 Å². The molecule has 0 aliphatic carbocycles. The number of hydrogen-bond acceptors (Lipinski definition) is 5. The summed E-state index contributed by atoms with van der Waals surface area (Å²) in [6.45, 7) is 4.90. The number of rotatable bonds is 55. The van der Waals surface area contributed by atoms with E-state index in [-0.39, 0.29) is 18.5 Å². The normalized spacial score (nSPS) is 12.7. The molecule has 2 unspecified atom stereocenters. The number of amides is 1. The first-order chi connectivity index (χ1) is 32.5. The highest BCUT2D eigenvalue weighted by atomic mass is 16.5. The fraction of sp³-hybridized carbons (Fsp3) is 0.900. The number of nitrogens with one attached hydrogen (secondary N) is 1. The second kappa shape index (κ2) is 55.9. The Morgan fingerprint density at radius 2 is 0.712 bits per heavy atom. The number of carbonyl (C=O) groups is 2. The summed E-state index contributed by atoms with van der Waals surface area (Å²) in [5.74, 6) is -0.0674. The maximum Gasteiger partial charge on any atom is 0.305 e. The molecule has 0 aliphatic heterocycles. The van der Waals surface area contributed by atoms with E-state index in [4.69, 9.17) is 4.74 Å². The Balaban J connectivity index is 3.42. The third-order valence-electron chi connectivity index (χ3n) is 13.7. The van der Waals surface area contributed by atoms with Gasteiger partial charge in [-0.3, -0.25) is 9.59 Å². The predicted octanol–water partition coefficient (Wildman–Crippen LogP) is 18.2. The van der Waals surface area contributed by atoms with Crippen molar-refractivity contribution in [2.75, 3.05) is 13.2 Å². The molecule has 0 bridgehead atoms. The van der Waals surface area contributed by atoms with Gasteiger partial charge in [0.1, 0.15) is 0 Å². The van der Waals surface area contributed by atoms with Crippen LogP contribution in [0.5, 0.6) is 0 Å². The lowest BCUT2D eigenvalue weighted by molar-refractivity contribution is -0.143. The molecule has 0 saturated carbocycles.